The smallest absolute Gasteiger partial charge is 0.169 e. The summed E-state index contributed by atoms with van der Waals surface area (Å²) in [7, 11) is 4.71. The van der Waals surface area contributed by atoms with E-state index in [2.05, 4.69) is 5.32 Å². The normalized spacial score (nSPS) is 10.8. The van der Waals surface area contributed by atoms with Gasteiger partial charge < -0.3 is 24.6 Å². The molecule has 5 heteroatoms. The number of phenolic OH excluding ortho intramolecular Hbond substituents is 1. The zero-order chi connectivity index (χ0) is 12.7. The van der Waals surface area contributed by atoms with Gasteiger partial charge in [-0.05, 0) is 17.7 Å². The Morgan fingerprint density at radius 1 is 1.24 bits per heavy atom. The van der Waals surface area contributed by atoms with Crippen molar-refractivity contribution in [3.05, 3.63) is 23.8 Å². The lowest BCUT2D eigenvalue weighted by atomic mass is 10.2. The molecule has 96 valence electrons. The highest BCUT2D eigenvalue weighted by atomic mass is 16.7. The summed E-state index contributed by atoms with van der Waals surface area (Å²) < 4.78 is 15.1. The van der Waals surface area contributed by atoms with Crippen LogP contribution < -0.4 is 10.1 Å². The summed E-state index contributed by atoms with van der Waals surface area (Å²) in [6.07, 6.45) is -0.262. The highest BCUT2D eigenvalue weighted by Gasteiger charge is 2.05. The van der Waals surface area contributed by atoms with E-state index < -0.39 is 0 Å². The highest BCUT2D eigenvalue weighted by Crippen LogP contribution is 2.25. The molecule has 1 rings (SSSR count). The van der Waals surface area contributed by atoms with Crippen LogP contribution in [0.3, 0.4) is 0 Å². The van der Waals surface area contributed by atoms with Crippen molar-refractivity contribution in [1.29, 1.82) is 0 Å². The highest BCUT2D eigenvalue weighted by molar-refractivity contribution is 5.41. The van der Waals surface area contributed by atoms with Gasteiger partial charge in [-0.1, -0.05) is 6.07 Å². The molecular weight excluding hydrogens is 222 g/mol. The maximum Gasteiger partial charge on any atom is 0.169 e. The molecule has 1 aromatic carbocycles. The van der Waals surface area contributed by atoms with Gasteiger partial charge >= 0.3 is 0 Å². The molecule has 0 aliphatic carbocycles. The number of rotatable bonds is 7. The number of aromatic hydroxyl groups is 1. The fraction of sp³-hybridized carbons (Fsp3) is 0.500. The number of ether oxygens (including phenoxy) is 3. The van der Waals surface area contributed by atoms with E-state index in [0.717, 1.165) is 5.56 Å². The average molecular weight is 241 g/mol. The molecule has 0 amide bonds. The third kappa shape index (κ3) is 4.22. The molecule has 0 heterocycles. The molecule has 5 nitrogen and oxygen atoms in total. The number of phenols is 1. The molecule has 2 N–H and O–H groups in total. The average Bonchev–Trinajstić information content (AvgIpc) is 2.35. The van der Waals surface area contributed by atoms with Gasteiger partial charge in [0, 0.05) is 27.3 Å². The minimum atomic E-state index is -0.262. The van der Waals surface area contributed by atoms with Crippen LogP contribution >= 0.6 is 0 Å². The molecule has 0 atom stereocenters. The third-order valence-electron chi connectivity index (χ3n) is 2.41. The Hall–Kier alpha value is -1.30. The van der Waals surface area contributed by atoms with E-state index in [1.807, 2.05) is 6.07 Å². The second-order valence-corrected chi connectivity index (χ2v) is 3.54. The quantitative estimate of drug-likeness (QED) is 0.700. The lowest BCUT2D eigenvalue weighted by Crippen LogP contribution is -2.29. The predicted molar refractivity (Wildman–Crippen MR) is 64.2 cm³/mol. The van der Waals surface area contributed by atoms with Crippen molar-refractivity contribution >= 4 is 0 Å². The van der Waals surface area contributed by atoms with Crippen molar-refractivity contribution < 1.29 is 19.3 Å². The summed E-state index contributed by atoms with van der Waals surface area (Å²) in [6, 6.07) is 5.29. The van der Waals surface area contributed by atoms with Crippen molar-refractivity contribution in [2.24, 2.45) is 0 Å². The summed E-state index contributed by atoms with van der Waals surface area (Å²) in [5.41, 5.74) is 0.967. The van der Waals surface area contributed by atoms with E-state index in [9.17, 15) is 5.11 Å². The summed E-state index contributed by atoms with van der Waals surface area (Å²) in [5.74, 6) is 0.613. The van der Waals surface area contributed by atoms with Crippen molar-refractivity contribution in [2.45, 2.75) is 12.8 Å². The number of hydrogen-bond acceptors (Lipinski definition) is 5. The first-order valence-corrected chi connectivity index (χ1v) is 5.33. The Bertz CT molecular complexity index is 339. The first-order valence-electron chi connectivity index (χ1n) is 5.33. The van der Waals surface area contributed by atoms with Crippen LogP contribution in [0.15, 0.2) is 18.2 Å². The Kier molecular flexibility index (Phi) is 5.76. The third-order valence-corrected chi connectivity index (χ3v) is 2.41. The van der Waals surface area contributed by atoms with Crippen LogP contribution in [-0.2, 0) is 16.0 Å². The Morgan fingerprint density at radius 3 is 2.47 bits per heavy atom. The van der Waals surface area contributed by atoms with Crippen molar-refractivity contribution in [2.75, 3.05) is 27.9 Å². The molecule has 0 aliphatic rings. The number of methoxy groups -OCH3 is 3. The number of nitrogens with one attached hydrogen (secondary N) is 1. The summed E-state index contributed by atoms with van der Waals surface area (Å²) in [4.78, 5) is 0. The molecule has 0 saturated carbocycles. The zero-order valence-electron chi connectivity index (χ0n) is 10.4. The van der Waals surface area contributed by atoms with Crippen LogP contribution in [0, 0.1) is 0 Å². The van der Waals surface area contributed by atoms with Gasteiger partial charge in [-0.25, -0.2) is 0 Å². The van der Waals surface area contributed by atoms with Gasteiger partial charge in [0.2, 0.25) is 0 Å². The minimum Gasteiger partial charge on any atom is -0.504 e. The molecular formula is C12H19NO4. The van der Waals surface area contributed by atoms with E-state index in [1.54, 1.807) is 26.4 Å². The first-order chi connectivity index (χ1) is 8.21. The fourth-order valence-electron chi connectivity index (χ4n) is 1.44. The lowest BCUT2D eigenvalue weighted by Gasteiger charge is -2.14. The van der Waals surface area contributed by atoms with Crippen LogP contribution in [0.1, 0.15) is 5.56 Å². The van der Waals surface area contributed by atoms with Gasteiger partial charge in [-0.3, -0.25) is 0 Å². The van der Waals surface area contributed by atoms with Crippen molar-refractivity contribution in [3.8, 4) is 11.5 Å². The molecule has 0 aromatic heterocycles. The van der Waals surface area contributed by atoms with Crippen LogP contribution in [0.25, 0.3) is 0 Å². The number of hydrogen-bond donors (Lipinski definition) is 2. The van der Waals surface area contributed by atoms with E-state index in [-0.39, 0.29) is 12.0 Å². The molecule has 0 bridgehead atoms. The monoisotopic (exact) mass is 241 g/mol. The van der Waals surface area contributed by atoms with Crippen molar-refractivity contribution in [3.63, 3.8) is 0 Å². The summed E-state index contributed by atoms with van der Waals surface area (Å²) >= 11 is 0. The molecule has 0 unspecified atom stereocenters. The van der Waals surface area contributed by atoms with E-state index in [1.165, 1.54) is 7.11 Å². The molecule has 1 aromatic rings. The minimum absolute atomic E-state index is 0.141. The van der Waals surface area contributed by atoms with Crippen LogP contribution in [-0.4, -0.2) is 39.3 Å². The van der Waals surface area contributed by atoms with Gasteiger partial charge in [0.1, 0.15) is 0 Å². The van der Waals surface area contributed by atoms with Gasteiger partial charge in [-0.15, -0.1) is 0 Å². The second kappa shape index (κ2) is 7.11. The molecule has 0 radical (unpaired) electrons. The lowest BCUT2D eigenvalue weighted by molar-refractivity contribution is -0.0989. The van der Waals surface area contributed by atoms with Gasteiger partial charge in [0.15, 0.2) is 17.8 Å². The maximum absolute atomic E-state index is 9.59. The maximum atomic E-state index is 9.59. The molecule has 0 fully saturated rings. The zero-order valence-corrected chi connectivity index (χ0v) is 10.4. The standard InChI is InChI=1S/C12H19NO4/c1-15-11-5-4-9(6-10(11)14)7-13-8-12(16-2)17-3/h4-6,12-14H,7-8H2,1-3H3. The van der Waals surface area contributed by atoms with Crippen LogP contribution in [0.4, 0.5) is 0 Å². The van der Waals surface area contributed by atoms with E-state index >= 15 is 0 Å². The molecule has 0 aliphatic heterocycles. The fourth-order valence-corrected chi connectivity index (χ4v) is 1.44. The second-order valence-electron chi connectivity index (χ2n) is 3.54. The number of benzene rings is 1. The molecule has 0 saturated heterocycles. The van der Waals surface area contributed by atoms with E-state index in [0.29, 0.717) is 18.8 Å². The SMILES string of the molecule is COc1ccc(CNCC(OC)OC)cc1O. The van der Waals surface area contributed by atoms with Crippen LogP contribution in [0.2, 0.25) is 0 Å². The largest absolute Gasteiger partial charge is 0.504 e. The van der Waals surface area contributed by atoms with Crippen molar-refractivity contribution in [1.82, 2.24) is 5.32 Å². The van der Waals surface area contributed by atoms with Gasteiger partial charge in [-0.2, -0.15) is 0 Å². The topological polar surface area (TPSA) is 60.0 Å². The summed E-state index contributed by atoms with van der Waals surface area (Å²) in [6.45, 7) is 1.21. The Morgan fingerprint density at radius 2 is 1.94 bits per heavy atom. The molecule has 0 spiro atoms. The Labute approximate surface area is 101 Å². The van der Waals surface area contributed by atoms with Crippen LogP contribution in [0.5, 0.6) is 11.5 Å². The summed E-state index contributed by atoms with van der Waals surface area (Å²) in [5, 5.41) is 12.8. The predicted octanol–water partition coefficient (Wildman–Crippen LogP) is 1.11. The van der Waals surface area contributed by atoms with Gasteiger partial charge in [0.25, 0.3) is 0 Å². The first kappa shape index (κ1) is 13.8. The van der Waals surface area contributed by atoms with E-state index in [4.69, 9.17) is 14.2 Å². The Balaban J connectivity index is 2.44. The van der Waals surface area contributed by atoms with Gasteiger partial charge in [0.05, 0.1) is 7.11 Å². The molecule has 17 heavy (non-hydrogen) atoms.